The summed E-state index contributed by atoms with van der Waals surface area (Å²) in [6.45, 7) is 5.18. The van der Waals surface area contributed by atoms with Crippen molar-refractivity contribution in [2.75, 3.05) is 40.5 Å². The predicted octanol–water partition coefficient (Wildman–Crippen LogP) is 6.66. The highest BCUT2D eigenvalue weighted by atomic mass is 31.2. The largest absolute Gasteiger partial charge is 0.490 e. The minimum atomic E-state index is -2.03. The van der Waals surface area contributed by atoms with E-state index in [0.717, 1.165) is 6.42 Å². The molecule has 2 unspecified atom stereocenters. The van der Waals surface area contributed by atoms with Crippen molar-refractivity contribution < 1.29 is 28.2 Å². The Morgan fingerprint density at radius 1 is 0.889 bits per heavy atom. The highest BCUT2D eigenvalue weighted by Gasteiger charge is 2.18. The molecule has 0 aliphatic rings. The number of aryl methyl sites for hydroxylation is 1. The number of hydrogen-bond acceptors (Lipinski definition) is 7. The Morgan fingerprint density at radius 3 is 2.08 bits per heavy atom. The lowest BCUT2D eigenvalue weighted by molar-refractivity contribution is -0.152. The Hall–Kier alpha value is -1.24. The molecule has 0 radical (unpaired) electrons. The number of nitrogens with zero attached hydrogens (tertiary/aromatic N) is 1. The maximum Gasteiger partial charge on any atom is 0.330 e. The van der Waals surface area contributed by atoms with Gasteiger partial charge < -0.3 is 28.3 Å². The molecule has 0 amide bonds. The first-order valence-electron chi connectivity index (χ1n) is 13.7. The number of likely N-dealkylation sites (N-methyl/N-ethyl adjacent to an activating group) is 1. The number of ether oxygens (including phenoxy) is 2. The molecule has 7 nitrogen and oxygen atoms in total. The third kappa shape index (κ3) is 18.1. The number of benzene rings is 1. The van der Waals surface area contributed by atoms with Crippen molar-refractivity contribution >= 4 is 14.6 Å². The van der Waals surface area contributed by atoms with Crippen LogP contribution in [0.5, 0.6) is 5.75 Å². The predicted molar refractivity (Wildman–Crippen MR) is 147 cm³/mol. The van der Waals surface area contributed by atoms with E-state index in [1.165, 1.54) is 69.8 Å². The molecule has 0 spiro atoms. The summed E-state index contributed by atoms with van der Waals surface area (Å²) in [6.07, 6.45) is 14.1. The van der Waals surface area contributed by atoms with Crippen molar-refractivity contribution in [1.29, 1.82) is 0 Å². The molecule has 208 valence electrons. The molecule has 36 heavy (non-hydrogen) atoms. The van der Waals surface area contributed by atoms with Crippen LogP contribution in [0.1, 0.15) is 90.0 Å². The summed E-state index contributed by atoms with van der Waals surface area (Å²) < 4.78 is 21.9. The number of carbonyl (C=O) groups is 1. The smallest absolute Gasteiger partial charge is 0.330 e. The number of hydrogen-bond donors (Lipinski definition) is 1. The molecule has 1 aromatic carbocycles. The Balaban J connectivity index is 2.29. The zero-order valence-electron chi connectivity index (χ0n) is 23.1. The van der Waals surface area contributed by atoms with Crippen LogP contribution in [0, 0.1) is 0 Å². The third-order valence-corrected chi connectivity index (χ3v) is 6.65. The summed E-state index contributed by atoms with van der Waals surface area (Å²) in [7, 11) is 1.81. The van der Waals surface area contributed by atoms with E-state index in [4.69, 9.17) is 18.5 Å². The van der Waals surface area contributed by atoms with Gasteiger partial charge in [0.2, 0.25) is 0 Å². The fraction of sp³-hybridized carbons (Fsp3) is 0.750. The minimum Gasteiger partial charge on any atom is -0.490 e. The molecule has 0 aliphatic carbocycles. The van der Waals surface area contributed by atoms with Gasteiger partial charge in [-0.25, -0.2) is 0 Å². The van der Waals surface area contributed by atoms with Crippen LogP contribution in [0.4, 0.5) is 0 Å². The van der Waals surface area contributed by atoms with Crippen molar-refractivity contribution in [3.8, 4) is 5.75 Å². The first-order valence-corrected chi connectivity index (χ1v) is 14.9. The highest BCUT2D eigenvalue weighted by molar-refractivity contribution is 7.40. The molecular weight excluding hydrogens is 477 g/mol. The van der Waals surface area contributed by atoms with Crippen molar-refractivity contribution in [3.63, 3.8) is 0 Å². The molecule has 0 fully saturated rings. The molecule has 1 aromatic rings. The lowest BCUT2D eigenvalue weighted by Crippen LogP contribution is -2.29. The van der Waals surface area contributed by atoms with E-state index < -0.39 is 14.7 Å². The molecule has 0 bridgehead atoms. The quantitative estimate of drug-likeness (QED) is 0.0968. The van der Waals surface area contributed by atoms with Crippen LogP contribution in [0.2, 0.25) is 0 Å². The molecule has 0 saturated carbocycles. The molecule has 0 saturated heterocycles. The Morgan fingerprint density at radius 2 is 1.50 bits per heavy atom. The van der Waals surface area contributed by atoms with E-state index in [0.29, 0.717) is 18.9 Å². The molecule has 0 heterocycles. The first-order chi connectivity index (χ1) is 17.4. The number of rotatable bonds is 23. The van der Waals surface area contributed by atoms with Gasteiger partial charge in [0.25, 0.3) is 0 Å². The maximum atomic E-state index is 11.8. The molecule has 0 aliphatic heterocycles. The van der Waals surface area contributed by atoms with Crippen LogP contribution in [0.3, 0.4) is 0 Å². The van der Waals surface area contributed by atoms with Gasteiger partial charge in [-0.15, -0.1) is 0 Å². The van der Waals surface area contributed by atoms with E-state index in [1.54, 1.807) is 6.92 Å². The fourth-order valence-corrected chi connectivity index (χ4v) is 4.24. The Kier molecular flexibility index (Phi) is 19.9. The van der Waals surface area contributed by atoms with Gasteiger partial charge >= 0.3 is 14.6 Å². The molecule has 2 atom stereocenters. The topological polar surface area (TPSA) is 77.5 Å². The summed E-state index contributed by atoms with van der Waals surface area (Å²) >= 11 is 0. The fourth-order valence-electron chi connectivity index (χ4n) is 3.63. The van der Waals surface area contributed by atoms with Crippen LogP contribution in [0.25, 0.3) is 0 Å². The van der Waals surface area contributed by atoms with Gasteiger partial charge in [-0.05, 0) is 44.6 Å². The summed E-state index contributed by atoms with van der Waals surface area (Å²) in [5, 5.41) is 0. The van der Waals surface area contributed by atoms with Gasteiger partial charge in [0.05, 0.1) is 13.2 Å². The van der Waals surface area contributed by atoms with Crippen molar-refractivity contribution in [2.45, 2.75) is 97.0 Å². The van der Waals surface area contributed by atoms with Crippen LogP contribution in [-0.2, 0) is 25.0 Å². The summed E-state index contributed by atoms with van der Waals surface area (Å²) in [5.41, 5.74) is 1.31. The standard InChI is InChI=1S/C28H50NO6P/c1-5-7-8-9-10-11-12-13-14-15-16-25-17-19-26(20-18-25)32-23-27(35-28(30)6-2)24-34-36(31)33-22-21-29(3)4/h17-20,27,31H,5-16,21-24H2,1-4H3. The van der Waals surface area contributed by atoms with Crippen molar-refractivity contribution in [2.24, 2.45) is 0 Å². The summed E-state index contributed by atoms with van der Waals surface area (Å²) in [4.78, 5) is 23.6. The Labute approximate surface area is 220 Å². The Bertz CT molecular complexity index is 658. The summed E-state index contributed by atoms with van der Waals surface area (Å²) in [6, 6.07) is 8.10. The van der Waals surface area contributed by atoms with Crippen LogP contribution >= 0.6 is 8.60 Å². The van der Waals surface area contributed by atoms with Gasteiger partial charge in [0.1, 0.15) is 12.4 Å². The molecule has 0 aromatic heterocycles. The monoisotopic (exact) mass is 527 g/mol. The van der Waals surface area contributed by atoms with Gasteiger partial charge in [-0.2, -0.15) is 0 Å². The SMILES string of the molecule is CCCCCCCCCCCCc1ccc(OCC(COP(O)OCCN(C)C)OC(=O)CC)cc1. The van der Waals surface area contributed by atoms with Gasteiger partial charge in [0, 0.05) is 13.0 Å². The van der Waals surface area contributed by atoms with Gasteiger partial charge in [0.15, 0.2) is 6.10 Å². The first kappa shape index (κ1) is 32.8. The molecule has 1 rings (SSSR count). The second kappa shape index (κ2) is 21.8. The zero-order valence-corrected chi connectivity index (χ0v) is 24.0. The van der Waals surface area contributed by atoms with Crippen LogP contribution < -0.4 is 4.74 Å². The normalized spacial score (nSPS) is 13.1. The minimum absolute atomic E-state index is 0.00668. The van der Waals surface area contributed by atoms with Crippen LogP contribution in [0.15, 0.2) is 24.3 Å². The molecular formula is C28H50NO6P. The third-order valence-electron chi connectivity index (χ3n) is 5.88. The lowest BCUT2D eigenvalue weighted by atomic mass is 10.0. The summed E-state index contributed by atoms with van der Waals surface area (Å²) in [5.74, 6) is 0.378. The van der Waals surface area contributed by atoms with E-state index in [9.17, 15) is 9.69 Å². The van der Waals surface area contributed by atoms with Crippen molar-refractivity contribution in [1.82, 2.24) is 4.90 Å². The van der Waals surface area contributed by atoms with E-state index in [1.807, 2.05) is 31.1 Å². The second-order valence-corrected chi connectivity index (χ2v) is 10.5. The number of esters is 1. The van der Waals surface area contributed by atoms with Gasteiger partial charge in [-0.1, -0.05) is 83.8 Å². The van der Waals surface area contributed by atoms with E-state index >= 15 is 0 Å². The molecule has 1 N–H and O–H groups in total. The highest BCUT2D eigenvalue weighted by Crippen LogP contribution is 2.32. The second-order valence-electron chi connectivity index (χ2n) is 9.52. The average Bonchev–Trinajstić information content (AvgIpc) is 2.87. The number of unbranched alkanes of at least 4 members (excludes halogenated alkanes) is 9. The van der Waals surface area contributed by atoms with Crippen LogP contribution in [-0.4, -0.2) is 62.3 Å². The van der Waals surface area contributed by atoms with E-state index in [-0.39, 0.29) is 25.6 Å². The van der Waals surface area contributed by atoms with E-state index in [2.05, 4.69) is 19.1 Å². The lowest BCUT2D eigenvalue weighted by Gasteiger charge is -2.20. The maximum absolute atomic E-state index is 11.8. The zero-order chi connectivity index (χ0) is 26.4. The number of carbonyl (C=O) groups excluding carboxylic acids is 1. The molecule has 8 heteroatoms. The van der Waals surface area contributed by atoms with Crippen molar-refractivity contribution in [3.05, 3.63) is 29.8 Å². The average molecular weight is 528 g/mol. The van der Waals surface area contributed by atoms with Gasteiger partial charge in [-0.3, -0.25) is 4.79 Å².